The molecule has 2 aromatic heterocycles. The number of H-pyrrole nitrogens is 2. The Balaban J connectivity index is 0.00000180. The van der Waals surface area contributed by atoms with E-state index in [1.807, 2.05) is 36.4 Å². The number of imidazole rings is 1. The lowest BCUT2D eigenvalue weighted by Crippen LogP contribution is -2.48. The predicted octanol–water partition coefficient (Wildman–Crippen LogP) is 3.16. The smallest absolute Gasteiger partial charge is 0.325 e. The van der Waals surface area contributed by atoms with E-state index in [0.29, 0.717) is 43.0 Å². The molecule has 1 aliphatic rings. The van der Waals surface area contributed by atoms with Crippen molar-refractivity contribution in [1.82, 2.24) is 24.2 Å². The van der Waals surface area contributed by atoms with E-state index < -0.39 is 10.0 Å². The van der Waals surface area contributed by atoms with E-state index in [0.717, 1.165) is 30.5 Å². The standard InChI is InChI=1S/C24H27N5O4S.2ClH/c30-24-26-22-16-19-15-20(7-8-21(19)25-23(22)27-24)33-13-4-14-34(31,32)29-11-9-28(10-12-29)17-18-5-2-1-3-6-18;;/h1-3,5-8,15-16H,4,9-14,17H2,(H2,25,26,27,30);2*1H. The number of ether oxygens (including phenoxy) is 1. The highest BCUT2D eigenvalue weighted by Gasteiger charge is 2.26. The first-order valence-corrected chi connectivity index (χ1v) is 13.0. The molecule has 0 amide bonds. The van der Waals surface area contributed by atoms with Crippen LogP contribution < -0.4 is 10.4 Å². The molecule has 3 heterocycles. The Morgan fingerprint density at radius 1 is 0.944 bits per heavy atom. The van der Waals surface area contributed by atoms with Gasteiger partial charge in [-0.25, -0.2) is 18.2 Å². The normalized spacial score (nSPS) is 14.9. The number of nitrogens with zero attached hydrogens (tertiary/aromatic N) is 3. The fourth-order valence-corrected chi connectivity index (χ4v) is 5.72. The maximum Gasteiger partial charge on any atom is 0.325 e. The number of aromatic nitrogens is 3. The molecule has 12 heteroatoms. The van der Waals surface area contributed by atoms with Crippen molar-refractivity contribution in [2.24, 2.45) is 0 Å². The zero-order valence-corrected chi connectivity index (χ0v) is 22.0. The molecular weight excluding hydrogens is 525 g/mol. The van der Waals surface area contributed by atoms with Crippen LogP contribution >= 0.6 is 24.8 Å². The quantitative estimate of drug-likeness (QED) is 0.324. The van der Waals surface area contributed by atoms with Crippen molar-refractivity contribution >= 4 is 56.9 Å². The van der Waals surface area contributed by atoms with Crippen molar-refractivity contribution in [1.29, 1.82) is 0 Å². The fourth-order valence-electron chi connectivity index (χ4n) is 4.26. The van der Waals surface area contributed by atoms with Crippen LogP contribution in [-0.4, -0.2) is 71.1 Å². The third-order valence-electron chi connectivity index (χ3n) is 6.06. The van der Waals surface area contributed by atoms with E-state index in [4.69, 9.17) is 4.74 Å². The van der Waals surface area contributed by atoms with Crippen LogP contribution in [-0.2, 0) is 16.6 Å². The molecule has 0 bridgehead atoms. The average Bonchev–Trinajstić information content (AvgIpc) is 3.20. The number of hydrogen-bond acceptors (Lipinski definition) is 6. The third kappa shape index (κ3) is 6.57. The molecule has 0 unspecified atom stereocenters. The van der Waals surface area contributed by atoms with Gasteiger partial charge in [-0.1, -0.05) is 30.3 Å². The summed E-state index contributed by atoms with van der Waals surface area (Å²) in [5.74, 6) is 0.699. The van der Waals surface area contributed by atoms with Crippen LogP contribution in [0.4, 0.5) is 0 Å². The van der Waals surface area contributed by atoms with Crippen LogP contribution in [0.25, 0.3) is 22.1 Å². The SMILES string of the molecule is Cl.Cl.O=c1[nH]c2cc3cc(OCCCS(=O)(=O)N4CCN(Cc5ccccc5)CC4)ccc3nc2[nH]1. The van der Waals surface area contributed by atoms with Gasteiger partial charge in [0.15, 0.2) is 5.65 Å². The molecule has 9 nitrogen and oxygen atoms in total. The largest absolute Gasteiger partial charge is 0.494 e. The van der Waals surface area contributed by atoms with Gasteiger partial charge in [0.25, 0.3) is 0 Å². The van der Waals surface area contributed by atoms with Crippen LogP contribution in [0.15, 0.2) is 59.4 Å². The van der Waals surface area contributed by atoms with Crippen LogP contribution in [0.1, 0.15) is 12.0 Å². The van der Waals surface area contributed by atoms with Crippen molar-refractivity contribution in [3.63, 3.8) is 0 Å². The number of fused-ring (bicyclic) bond motifs is 2. The predicted molar refractivity (Wildman–Crippen MR) is 146 cm³/mol. The highest BCUT2D eigenvalue weighted by atomic mass is 35.5. The number of pyridine rings is 1. The molecule has 4 aromatic rings. The Morgan fingerprint density at radius 2 is 1.69 bits per heavy atom. The molecule has 0 spiro atoms. The van der Waals surface area contributed by atoms with Crippen molar-refractivity contribution in [2.75, 3.05) is 38.5 Å². The number of sulfonamides is 1. The van der Waals surface area contributed by atoms with Gasteiger partial charge in [-0.2, -0.15) is 4.31 Å². The Kier molecular flexibility index (Phi) is 9.37. The molecule has 1 saturated heterocycles. The number of halogens is 2. The molecular formula is C24H29Cl2N5O4S. The molecule has 0 radical (unpaired) electrons. The van der Waals surface area contributed by atoms with E-state index in [1.54, 1.807) is 10.4 Å². The van der Waals surface area contributed by atoms with Gasteiger partial charge in [0, 0.05) is 38.1 Å². The molecule has 2 aromatic carbocycles. The van der Waals surface area contributed by atoms with E-state index in [1.165, 1.54) is 5.56 Å². The van der Waals surface area contributed by atoms with Gasteiger partial charge >= 0.3 is 5.69 Å². The molecule has 0 atom stereocenters. The maximum atomic E-state index is 12.8. The Labute approximate surface area is 221 Å². The summed E-state index contributed by atoms with van der Waals surface area (Å²) in [6, 6.07) is 17.5. The van der Waals surface area contributed by atoms with Crippen molar-refractivity contribution in [3.05, 3.63) is 70.6 Å². The number of piperazine rings is 1. The van der Waals surface area contributed by atoms with Gasteiger partial charge in [0.2, 0.25) is 10.0 Å². The zero-order valence-electron chi connectivity index (χ0n) is 19.6. The van der Waals surface area contributed by atoms with Crippen LogP contribution in [0.5, 0.6) is 5.75 Å². The van der Waals surface area contributed by atoms with Crippen molar-refractivity contribution in [2.45, 2.75) is 13.0 Å². The molecule has 1 aliphatic heterocycles. The summed E-state index contributed by atoms with van der Waals surface area (Å²) in [6.07, 6.45) is 0.410. The summed E-state index contributed by atoms with van der Waals surface area (Å²) in [7, 11) is -3.31. The first-order chi connectivity index (χ1) is 16.5. The van der Waals surface area contributed by atoms with Crippen molar-refractivity contribution in [3.8, 4) is 5.75 Å². The van der Waals surface area contributed by atoms with E-state index >= 15 is 0 Å². The second-order valence-corrected chi connectivity index (χ2v) is 10.6. The minimum atomic E-state index is -3.31. The molecule has 2 N–H and O–H groups in total. The van der Waals surface area contributed by atoms with Crippen LogP contribution in [0, 0.1) is 0 Å². The van der Waals surface area contributed by atoms with Gasteiger partial charge < -0.3 is 9.72 Å². The number of aromatic amines is 2. The van der Waals surface area contributed by atoms with Crippen molar-refractivity contribution < 1.29 is 13.2 Å². The van der Waals surface area contributed by atoms with Gasteiger partial charge in [0.1, 0.15) is 5.75 Å². The lowest BCUT2D eigenvalue weighted by Gasteiger charge is -2.34. The molecule has 0 saturated carbocycles. The first-order valence-electron chi connectivity index (χ1n) is 11.4. The number of nitrogens with one attached hydrogen (secondary N) is 2. The molecule has 0 aliphatic carbocycles. The Bertz CT molecular complexity index is 1450. The first kappa shape index (κ1) is 27.9. The topological polar surface area (TPSA) is 111 Å². The second-order valence-electron chi connectivity index (χ2n) is 8.50. The van der Waals surface area contributed by atoms with Gasteiger partial charge in [-0.3, -0.25) is 9.88 Å². The monoisotopic (exact) mass is 553 g/mol. The molecule has 36 heavy (non-hydrogen) atoms. The molecule has 1 fully saturated rings. The van der Waals surface area contributed by atoms with E-state index in [2.05, 4.69) is 32.0 Å². The van der Waals surface area contributed by atoms with Gasteiger partial charge in [0.05, 0.1) is 23.4 Å². The Morgan fingerprint density at radius 3 is 2.44 bits per heavy atom. The summed E-state index contributed by atoms with van der Waals surface area (Å²) >= 11 is 0. The minimum absolute atomic E-state index is 0. The maximum absolute atomic E-state index is 12.8. The third-order valence-corrected chi connectivity index (χ3v) is 8.01. The summed E-state index contributed by atoms with van der Waals surface area (Å²) in [5, 5.41) is 0.834. The average molecular weight is 555 g/mol. The summed E-state index contributed by atoms with van der Waals surface area (Å²) in [5.41, 5.74) is 2.82. The summed E-state index contributed by atoms with van der Waals surface area (Å²) in [6.45, 7) is 3.64. The lowest BCUT2D eigenvalue weighted by molar-refractivity contribution is 0.181. The van der Waals surface area contributed by atoms with Gasteiger partial charge in [-0.05, 0) is 36.2 Å². The highest BCUT2D eigenvalue weighted by molar-refractivity contribution is 7.89. The minimum Gasteiger partial charge on any atom is -0.494 e. The van der Waals surface area contributed by atoms with Crippen LogP contribution in [0.2, 0.25) is 0 Å². The highest BCUT2D eigenvalue weighted by Crippen LogP contribution is 2.22. The van der Waals surface area contributed by atoms with Gasteiger partial charge in [-0.15, -0.1) is 24.8 Å². The van der Waals surface area contributed by atoms with E-state index in [9.17, 15) is 13.2 Å². The van der Waals surface area contributed by atoms with Crippen LogP contribution in [0.3, 0.4) is 0 Å². The number of hydrogen-bond donors (Lipinski definition) is 2. The zero-order chi connectivity index (χ0) is 23.5. The molecule has 5 rings (SSSR count). The molecule has 194 valence electrons. The van der Waals surface area contributed by atoms with E-state index in [-0.39, 0.29) is 36.3 Å². The number of benzene rings is 2. The Hall–Kier alpha value is -2.63. The lowest BCUT2D eigenvalue weighted by atomic mass is 10.2. The second kappa shape index (κ2) is 12.1. The number of rotatable bonds is 8. The summed E-state index contributed by atoms with van der Waals surface area (Å²) < 4.78 is 32.9. The fraction of sp³-hybridized carbons (Fsp3) is 0.333. The summed E-state index contributed by atoms with van der Waals surface area (Å²) in [4.78, 5) is 23.5.